The van der Waals surface area contributed by atoms with Gasteiger partial charge in [-0.15, -0.1) is 0 Å². The van der Waals surface area contributed by atoms with E-state index in [1.807, 2.05) is 23.8 Å². The van der Waals surface area contributed by atoms with Crippen LogP contribution in [0.1, 0.15) is 11.8 Å². The van der Waals surface area contributed by atoms with Gasteiger partial charge in [-0.1, -0.05) is 12.2 Å². The third kappa shape index (κ3) is 1.50. The molecule has 70 valence electrons. The van der Waals surface area contributed by atoms with Gasteiger partial charge in [-0.3, -0.25) is 0 Å². The van der Waals surface area contributed by atoms with E-state index in [-0.39, 0.29) is 6.04 Å². The Morgan fingerprint density at radius 3 is 3.15 bits per heavy atom. The molecule has 1 aliphatic heterocycles. The average molecular weight is 179 g/mol. The van der Waals surface area contributed by atoms with Crippen molar-refractivity contribution in [3.63, 3.8) is 0 Å². The largest absolute Gasteiger partial charge is 0.385 e. The van der Waals surface area contributed by atoms with Gasteiger partial charge in [-0.2, -0.15) is 0 Å². The van der Waals surface area contributed by atoms with E-state index in [2.05, 4.69) is 10.3 Å². The Morgan fingerprint density at radius 2 is 2.62 bits per heavy atom. The average Bonchev–Trinajstić information content (AvgIpc) is 2.72. The van der Waals surface area contributed by atoms with Gasteiger partial charge in [0.15, 0.2) is 0 Å². The first kappa shape index (κ1) is 8.47. The van der Waals surface area contributed by atoms with Crippen molar-refractivity contribution in [3.05, 3.63) is 30.4 Å². The predicted octanol–water partition coefficient (Wildman–Crippen LogP) is -0.0185. The second-order valence-electron chi connectivity index (χ2n) is 3.24. The normalized spacial score (nSPS) is 23.7. The SMILES string of the molecule is Cn1cncc1C(O)C1C=CCN1. The van der Waals surface area contributed by atoms with Gasteiger partial charge in [0.2, 0.25) is 0 Å². The van der Waals surface area contributed by atoms with E-state index in [4.69, 9.17) is 0 Å². The van der Waals surface area contributed by atoms with Gasteiger partial charge < -0.3 is 15.0 Å². The lowest BCUT2D eigenvalue weighted by molar-refractivity contribution is 0.145. The van der Waals surface area contributed by atoms with E-state index >= 15 is 0 Å². The van der Waals surface area contributed by atoms with Crippen LogP contribution in [-0.2, 0) is 7.05 Å². The van der Waals surface area contributed by atoms with Crippen LogP contribution in [0.3, 0.4) is 0 Å². The minimum atomic E-state index is -0.508. The number of aromatic nitrogens is 2. The molecule has 0 saturated heterocycles. The van der Waals surface area contributed by atoms with Crippen molar-refractivity contribution in [2.45, 2.75) is 12.1 Å². The maximum absolute atomic E-state index is 9.92. The van der Waals surface area contributed by atoms with Gasteiger partial charge in [-0.25, -0.2) is 4.98 Å². The van der Waals surface area contributed by atoms with E-state index in [0.29, 0.717) is 0 Å². The van der Waals surface area contributed by atoms with E-state index in [0.717, 1.165) is 12.2 Å². The van der Waals surface area contributed by atoms with Crippen LogP contribution in [0.2, 0.25) is 0 Å². The molecule has 4 heteroatoms. The Morgan fingerprint density at radius 1 is 1.77 bits per heavy atom. The molecule has 0 amide bonds. The van der Waals surface area contributed by atoms with Crippen molar-refractivity contribution in [1.29, 1.82) is 0 Å². The van der Waals surface area contributed by atoms with Gasteiger partial charge in [0.25, 0.3) is 0 Å². The first-order valence-corrected chi connectivity index (χ1v) is 4.33. The lowest BCUT2D eigenvalue weighted by atomic mass is 10.1. The molecular weight excluding hydrogens is 166 g/mol. The summed E-state index contributed by atoms with van der Waals surface area (Å²) in [7, 11) is 1.88. The highest BCUT2D eigenvalue weighted by atomic mass is 16.3. The minimum Gasteiger partial charge on any atom is -0.385 e. The quantitative estimate of drug-likeness (QED) is 0.627. The molecule has 0 radical (unpaired) electrons. The highest BCUT2D eigenvalue weighted by Gasteiger charge is 2.22. The van der Waals surface area contributed by atoms with Crippen LogP contribution in [0.15, 0.2) is 24.7 Å². The van der Waals surface area contributed by atoms with Crippen LogP contribution < -0.4 is 5.32 Å². The third-order valence-electron chi connectivity index (χ3n) is 2.31. The van der Waals surface area contributed by atoms with Crippen molar-refractivity contribution in [1.82, 2.24) is 14.9 Å². The molecule has 1 aliphatic rings. The number of aliphatic hydroxyl groups is 1. The van der Waals surface area contributed by atoms with E-state index in [1.165, 1.54) is 0 Å². The lowest BCUT2D eigenvalue weighted by Gasteiger charge is -2.17. The summed E-state index contributed by atoms with van der Waals surface area (Å²) < 4.78 is 1.83. The summed E-state index contributed by atoms with van der Waals surface area (Å²) in [5.74, 6) is 0. The fourth-order valence-corrected chi connectivity index (χ4v) is 1.54. The molecule has 0 fully saturated rings. The van der Waals surface area contributed by atoms with Crippen LogP contribution >= 0.6 is 0 Å². The molecule has 2 unspecified atom stereocenters. The summed E-state index contributed by atoms with van der Waals surface area (Å²) in [6.07, 6.45) is 6.88. The smallest absolute Gasteiger partial charge is 0.114 e. The van der Waals surface area contributed by atoms with E-state index in [1.54, 1.807) is 12.5 Å². The molecule has 4 nitrogen and oxygen atoms in total. The summed E-state index contributed by atoms with van der Waals surface area (Å²) in [4.78, 5) is 3.97. The second kappa shape index (κ2) is 3.32. The number of hydrogen-bond acceptors (Lipinski definition) is 3. The molecule has 2 atom stereocenters. The number of aryl methyl sites for hydroxylation is 1. The zero-order chi connectivity index (χ0) is 9.26. The van der Waals surface area contributed by atoms with Crippen molar-refractivity contribution in [3.8, 4) is 0 Å². The molecule has 2 N–H and O–H groups in total. The maximum atomic E-state index is 9.92. The zero-order valence-corrected chi connectivity index (χ0v) is 7.51. The summed E-state index contributed by atoms with van der Waals surface area (Å²) >= 11 is 0. The van der Waals surface area contributed by atoms with Gasteiger partial charge in [0, 0.05) is 13.6 Å². The summed E-state index contributed by atoms with van der Waals surface area (Å²) in [5.41, 5.74) is 0.837. The molecule has 0 aliphatic carbocycles. The lowest BCUT2D eigenvalue weighted by Crippen LogP contribution is -2.30. The van der Waals surface area contributed by atoms with Gasteiger partial charge in [0.1, 0.15) is 6.10 Å². The van der Waals surface area contributed by atoms with Gasteiger partial charge in [0.05, 0.1) is 24.3 Å². The van der Waals surface area contributed by atoms with Crippen molar-refractivity contribution in [2.24, 2.45) is 7.05 Å². The van der Waals surface area contributed by atoms with Gasteiger partial charge in [-0.05, 0) is 0 Å². The van der Waals surface area contributed by atoms with Crippen LogP contribution in [-0.4, -0.2) is 27.2 Å². The Labute approximate surface area is 76.9 Å². The fourth-order valence-electron chi connectivity index (χ4n) is 1.54. The fraction of sp³-hybridized carbons (Fsp3) is 0.444. The monoisotopic (exact) mass is 179 g/mol. The number of nitrogens with zero attached hydrogens (tertiary/aromatic N) is 2. The van der Waals surface area contributed by atoms with Crippen LogP contribution in [0.5, 0.6) is 0 Å². The standard InChI is InChI=1S/C9H13N3O/c1-12-6-10-5-8(12)9(13)7-3-2-4-11-7/h2-3,5-7,9,11,13H,4H2,1H3. The Balaban J connectivity index is 2.17. The minimum absolute atomic E-state index is 0.0235. The Kier molecular flexibility index (Phi) is 2.16. The molecule has 2 heterocycles. The molecule has 1 aromatic rings. The van der Waals surface area contributed by atoms with Crippen LogP contribution in [0, 0.1) is 0 Å². The van der Waals surface area contributed by atoms with E-state index in [9.17, 15) is 5.11 Å². The highest BCUT2D eigenvalue weighted by molar-refractivity contribution is 5.13. The number of rotatable bonds is 2. The predicted molar refractivity (Wildman–Crippen MR) is 49.1 cm³/mol. The first-order valence-electron chi connectivity index (χ1n) is 4.33. The summed E-state index contributed by atoms with van der Waals surface area (Å²) in [5, 5.41) is 13.1. The Hall–Kier alpha value is -1.13. The first-order chi connectivity index (χ1) is 6.29. The van der Waals surface area contributed by atoms with Crippen molar-refractivity contribution < 1.29 is 5.11 Å². The topological polar surface area (TPSA) is 50.1 Å². The third-order valence-corrected chi connectivity index (χ3v) is 2.31. The van der Waals surface area contributed by atoms with E-state index < -0.39 is 6.10 Å². The summed E-state index contributed by atoms with van der Waals surface area (Å²) in [6, 6.07) is 0.0235. The number of aliphatic hydroxyl groups excluding tert-OH is 1. The molecule has 0 saturated carbocycles. The number of nitrogens with one attached hydrogen (secondary N) is 1. The molecule has 2 rings (SSSR count). The number of imidazole rings is 1. The van der Waals surface area contributed by atoms with Gasteiger partial charge >= 0.3 is 0 Å². The highest BCUT2D eigenvalue weighted by Crippen LogP contribution is 2.18. The molecule has 13 heavy (non-hydrogen) atoms. The zero-order valence-electron chi connectivity index (χ0n) is 7.51. The van der Waals surface area contributed by atoms with Crippen molar-refractivity contribution in [2.75, 3.05) is 6.54 Å². The molecule has 0 spiro atoms. The van der Waals surface area contributed by atoms with Crippen LogP contribution in [0.25, 0.3) is 0 Å². The maximum Gasteiger partial charge on any atom is 0.114 e. The van der Waals surface area contributed by atoms with Crippen LogP contribution in [0.4, 0.5) is 0 Å². The molecule has 0 aromatic carbocycles. The summed E-state index contributed by atoms with van der Waals surface area (Å²) in [6.45, 7) is 0.833. The molecule has 1 aromatic heterocycles. The molecular formula is C9H13N3O. The van der Waals surface area contributed by atoms with Crippen molar-refractivity contribution >= 4 is 0 Å². The molecule has 0 bridgehead atoms. The second-order valence-corrected chi connectivity index (χ2v) is 3.24. The Bertz CT molecular complexity index is 318. The number of hydrogen-bond donors (Lipinski definition) is 2.